The van der Waals surface area contributed by atoms with E-state index < -0.39 is 0 Å². The monoisotopic (exact) mass is 401 g/mol. The summed E-state index contributed by atoms with van der Waals surface area (Å²) < 4.78 is 0. The van der Waals surface area contributed by atoms with Gasteiger partial charge < -0.3 is 16.0 Å². The number of nitrogens with one attached hydrogen (secondary N) is 3. The standard InChI is InChI=1S/C20H31N3O.2ClH/c1-15(18-12-21-13-18)19(24)22-14-20(10-6-7-11-20)23-16(2)17-8-4-3-5-9-17;;/h3-5,8-9,15-16,18,21,23H,6-7,10-14H2,1-2H3,(H,22,24);2*1H. The van der Waals surface area contributed by atoms with Gasteiger partial charge in [-0.05, 0) is 44.3 Å². The second kappa shape index (κ2) is 10.5. The van der Waals surface area contributed by atoms with Crippen molar-refractivity contribution in [3.63, 3.8) is 0 Å². The molecule has 0 radical (unpaired) electrons. The first-order valence-electron chi connectivity index (χ1n) is 9.41. The van der Waals surface area contributed by atoms with Crippen molar-refractivity contribution in [2.45, 2.75) is 51.1 Å². The molecule has 1 aromatic carbocycles. The van der Waals surface area contributed by atoms with Crippen molar-refractivity contribution in [1.82, 2.24) is 16.0 Å². The number of benzene rings is 1. The molecule has 26 heavy (non-hydrogen) atoms. The molecule has 148 valence electrons. The summed E-state index contributed by atoms with van der Waals surface area (Å²) in [7, 11) is 0. The second-order valence-electron chi connectivity index (χ2n) is 7.69. The maximum atomic E-state index is 12.5. The van der Waals surface area contributed by atoms with Crippen LogP contribution in [0.25, 0.3) is 0 Å². The third kappa shape index (κ3) is 5.59. The molecule has 6 heteroatoms. The predicted molar refractivity (Wildman–Crippen MR) is 112 cm³/mol. The van der Waals surface area contributed by atoms with Gasteiger partial charge in [-0.1, -0.05) is 50.1 Å². The number of halogens is 2. The van der Waals surface area contributed by atoms with Gasteiger partial charge in [-0.25, -0.2) is 0 Å². The molecule has 2 atom stereocenters. The molecule has 4 nitrogen and oxygen atoms in total. The molecular formula is C20H33Cl2N3O. The summed E-state index contributed by atoms with van der Waals surface area (Å²) in [4.78, 5) is 12.5. The fourth-order valence-corrected chi connectivity index (χ4v) is 4.00. The van der Waals surface area contributed by atoms with E-state index in [1.165, 1.54) is 18.4 Å². The van der Waals surface area contributed by atoms with Crippen LogP contribution in [0.3, 0.4) is 0 Å². The zero-order chi connectivity index (χ0) is 17.0. The number of hydrogen-bond donors (Lipinski definition) is 3. The Morgan fingerprint density at radius 1 is 1.15 bits per heavy atom. The number of carbonyl (C=O) groups excluding carboxylic acids is 1. The molecule has 1 saturated carbocycles. The van der Waals surface area contributed by atoms with E-state index in [0.717, 1.165) is 32.5 Å². The van der Waals surface area contributed by atoms with Crippen LogP contribution in [0.15, 0.2) is 30.3 Å². The van der Waals surface area contributed by atoms with Gasteiger partial charge in [-0.3, -0.25) is 4.79 Å². The van der Waals surface area contributed by atoms with Crippen LogP contribution >= 0.6 is 24.8 Å². The second-order valence-corrected chi connectivity index (χ2v) is 7.69. The molecular weight excluding hydrogens is 369 g/mol. The highest BCUT2D eigenvalue weighted by Gasteiger charge is 2.36. The van der Waals surface area contributed by atoms with Crippen molar-refractivity contribution in [3.05, 3.63) is 35.9 Å². The number of amides is 1. The Bertz CT molecular complexity index is 545. The van der Waals surface area contributed by atoms with Crippen LogP contribution in [0.2, 0.25) is 0 Å². The third-order valence-corrected chi connectivity index (χ3v) is 5.92. The fraction of sp³-hybridized carbons (Fsp3) is 0.650. The van der Waals surface area contributed by atoms with Gasteiger partial charge in [0.15, 0.2) is 0 Å². The topological polar surface area (TPSA) is 53.2 Å². The van der Waals surface area contributed by atoms with E-state index in [2.05, 4.69) is 60.1 Å². The number of rotatable bonds is 7. The quantitative estimate of drug-likeness (QED) is 0.655. The Hall–Kier alpha value is -0.810. The zero-order valence-corrected chi connectivity index (χ0v) is 17.4. The van der Waals surface area contributed by atoms with Crippen LogP contribution in [0.1, 0.15) is 51.1 Å². The average molecular weight is 402 g/mol. The number of hydrogen-bond acceptors (Lipinski definition) is 3. The summed E-state index contributed by atoms with van der Waals surface area (Å²) >= 11 is 0. The van der Waals surface area contributed by atoms with Gasteiger partial charge in [-0.15, -0.1) is 24.8 Å². The summed E-state index contributed by atoms with van der Waals surface area (Å²) in [5, 5.41) is 10.3. The Morgan fingerprint density at radius 2 is 1.77 bits per heavy atom. The fourth-order valence-electron chi connectivity index (χ4n) is 4.00. The summed E-state index contributed by atoms with van der Waals surface area (Å²) in [6, 6.07) is 10.9. The molecule has 3 rings (SSSR count). The maximum Gasteiger partial charge on any atom is 0.223 e. The van der Waals surface area contributed by atoms with Crippen LogP contribution in [-0.2, 0) is 4.79 Å². The highest BCUT2D eigenvalue weighted by molar-refractivity contribution is 5.85. The lowest BCUT2D eigenvalue weighted by Crippen LogP contribution is -2.55. The molecule has 2 fully saturated rings. The average Bonchev–Trinajstić information content (AvgIpc) is 3.00. The van der Waals surface area contributed by atoms with Crippen LogP contribution in [-0.4, -0.2) is 31.1 Å². The molecule has 1 amide bonds. The molecule has 1 saturated heterocycles. The molecule has 1 aliphatic carbocycles. The Kier molecular flexibility index (Phi) is 9.39. The molecule has 1 heterocycles. The van der Waals surface area contributed by atoms with Gasteiger partial charge in [0.1, 0.15) is 0 Å². The Balaban J connectivity index is 0.00000169. The largest absolute Gasteiger partial charge is 0.354 e. The van der Waals surface area contributed by atoms with Crippen molar-refractivity contribution >= 4 is 30.7 Å². The van der Waals surface area contributed by atoms with Crippen LogP contribution in [0.5, 0.6) is 0 Å². The normalized spacial score (nSPS) is 20.8. The van der Waals surface area contributed by atoms with Gasteiger partial charge in [0, 0.05) is 24.0 Å². The lowest BCUT2D eigenvalue weighted by Gasteiger charge is -2.36. The highest BCUT2D eigenvalue weighted by Crippen LogP contribution is 2.32. The SMILES string of the molecule is CC(NC1(CNC(=O)C(C)C2CNC2)CCCC1)c1ccccc1.Cl.Cl. The first-order valence-corrected chi connectivity index (χ1v) is 9.41. The van der Waals surface area contributed by atoms with E-state index in [9.17, 15) is 4.79 Å². The summed E-state index contributed by atoms with van der Waals surface area (Å²) in [5.41, 5.74) is 1.35. The molecule has 2 unspecified atom stereocenters. The molecule has 0 spiro atoms. The van der Waals surface area contributed by atoms with Crippen molar-refractivity contribution in [2.75, 3.05) is 19.6 Å². The van der Waals surface area contributed by atoms with E-state index >= 15 is 0 Å². The van der Waals surface area contributed by atoms with Crippen LogP contribution in [0, 0.1) is 11.8 Å². The van der Waals surface area contributed by atoms with E-state index in [1.54, 1.807) is 0 Å². The van der Waals surface area contributed by atoms with Crippen molar-refractivity contribution in [2.24, 2.45) is 11.8 Å². The molecule has 1 aliphatic heterocycles. The summed E-state index contributed by atoms with van der Waals surface area (Å²) in [5.74, 6) is 0.818. The van der Waals surface area contributed by atoms with E-state index in [4.69, 9.17) is 0 Å². The van der Waals surface area contributed by atoms with Gasteiger partial charge in [0.25, 0.3) is 0 Å². The van der Waals surface area contributed by atoms with Crippen molar-refractivity contribution in [1.29, 1.82) is 0 Å². The Morgan fingerprint density at radius 3 is 2.31 bits per heavy atom. The van der Waals surface area contributed by atoms with E-state index in [-0.39, 0.29) is 42.2 Å². The lowest BCUT2D eigenvalue weighted by molar-refractivity contribution is -0.127. The molecule has 2 aliphatic rings. The first-order chi connectivity index (χ1) is 11.6. The smallest absolute Gasteiger partial charge is 0.223 e. The zero-order valence-electron chi connectivity index (χ0n) is 15.8. The van der Waals surface area contributed by atoms with E-state index in [0.29, 0.717) is 12.0 Å². The van der Waals surface area contributed by atoms with Gasteiger partial charge >= 0.3 is 0 Å². The lowest BCUT2D eigenvalue weighted by atomic mass is 9.88. The summed E-state index contributed by atoms with van der Waals surface area (Å²) in [6.07, 6.45) is 4.77. The molecule has 0 aromatic heterocycles. The van der Waals surface area contributed by atoms with Gasteiger partial charge in [0.05, 0.1) is 0 Å². The van der Waals surface area contributed by atoms with Crippen LogP contribution < -0.4 is 16.0 Å². The van der Waals surface area contributed by atoms with Gasteiger partial charge in [0.2, 0.25) is 5.91 Å². The predicted octanol–water partition coefficient (Wildman–Crippen LogP) is 3.47. The van der Waals surface area contributed by atoms with E-state index in [1.807, 2.05) is 0 Å². The highest BCUT2D eigenvalue weighted by atomic mass is 35.5. The minimum absolute atomic E-state index is 0. The van der Waals surface area contributed by atoms with Crippen molar-refractivity contribution in [3.8, 4) is 0 Å². The number of carbonyl (C=O) groups is 1. The molecule has 3 N–H and O–H groups in total. The Labute approximate surface area is 170 Å². The minimum atomic E-state index is 0. The minimum Gasteiger partial charge on any atom is -0.354 e. The van der Waals surface area contributed by atoms with Crippen molar-refractivity contribution < 1.29 is 4.79 Å². The third-order valence-electron chi connectivity index (χ3n) is 5.92. The maximum absolute atomic E-state index is 12.5. The summed E-state index contributed by atoms with van der Waals surface area (Å²) in [6.45, 7) is 6.97. The van der Waals surface area contributed by atoms with Crippen LogP contribution in [0.4, 0.5) is 0 Å². The first kappa shape index (κ1) is 23.2. The van der Waals surface area contributed by atoms with Gasteiger partial charge in [-0.2, -0.15) is 0 Å². The molecule has 0 bridgehead atoms. The molecule has 1 aromatic rings.